The van der Waals surface area contributed by atoms with Crippen molar-refractivity contribution >= 4 is 11.6 Å². The molecule has 1 atom stereocenters. The van der Waals surface area contributed by atoms with Crippen LogP contribution in [0.4, 0.5) is 0 Å². The Morgan fingerprint density at radius 1 is 1.38 bits per heavy atom. The third-order valence-corrected chi connectivity index (χ3v) is 1.96. The summed E-state index contributed by atoms with van der Waals surface area (Å²) >= 11 is 6.02. The molecule has 0 rings (SSSR count). The minimum Gasteiger partial charge on any atom is -0.120 e. The van der Waals surface area contributed by atoms with Gasteiger partial charge in [0.1, 0.15) is 0 Å². The molecule has 0 saturated carbocycles. The maximum Gasteiger partial charge on any atom is 0.0416 e. The van der Waals surface area contributed by atoms with Crippen LogP contribution in [-0.2, 0) is 0 Å². The molecule has 0 aliphatic carbocycles. The average Bonchev–Trinajstić information content (AvgIpc) is 1.67. The summed E-state index contributed by atoms with van der Waals surface area (Å²) in [6.45, 7) is 6.39. The van der Waals surface area contributed by atoms with Crippen molar-refractivity contribution in [2.75, 3.05) is 0 Å². The summed E-state index contributed by atoms with van der Waals surface area (Å²) in [6.07, 6.45) is 3.39. The van der Waals surface area contributed by atoms with Gasteiger partial charge >= 0.3 is 0 Å². The molecule has 0 aromatic carbocycles. The molecule has 0 spiro atoms. The topological polar surface area (TPSA) is 0 Å². The summed E-state index contributed by atoms with van der Waals surface area (Å²) in [5.74, 6) is 0. The lowest BCUT2D eigenvalue weighted by Crippen LogP contribution is -2.13. The zero-order chi connectivity index (χ0) is 6.62. The maximum atomic E-state index is 6.02. The predicted octanol–water partition coefficient (Wildman–Crippen LogP) is 3.19. The van der Waals surface area contributed by atoms with E-state index >= 15 is 0 Å². The van der Waals surface area contributed by atoms with Crippen molar-refractivity contribution in [1.29, 1.82) is 0 Å². The molecule has 0 aliphatic rings. The standard InChI is InChI=1S/C7H15Cl/c1-4-6-7(3,8)5-2/h4-6H2,1-3H3/t7-/m0/s1. The molecule has 0 aromatic rings. The summed E-state index contributed by atoms with van der Waals surface area (Å²) in [7, 11) is 0. The summed E-state index contributed by atoms with van der Waals surface area (Å²) in [5, 5.41) is 0. The average molecular weight is 135 g/mol. The van der Waals surface area contributed by atoms with E-state index in [2.05, 4.69) is 20.8 Å². The second kappa shape index (κ2) is 3.34. The van der Waals surface area contributed by atoms with E-state index in [1.807, 2.05) is 0 Å². The minimum atomic E-state index is 0.0642. The van der Waals surface area contributed by atoms with Crippen LogP contribution < -0.4 is 0 Å². The molecule has 8 heavy (non-hydrogen) atoms. The lowest BCUT2D eigenvalue weighted by atomic mass is 10.0. The molecule has 0 amide bonds. The van der Waals surface area contributed by atoms with Crippen molar-refractivity contribution in [3.8, 4) is 0 Å². The van der Waals surface area contributed by atoms with Crippen LogP contribution >= 0.6 is 11.6 Å². The third kappa shape index (κ3) is 3.31. The van der Waals surface area contributed by atoms with Gasteiger partial charge in [-0.2, -0.15) is 0 Å². The van der Waals surface area contributed by atoms with E-state index in [0.29, 0.717) is 0 Å². The van der Waals surface area contributed by atoms with Crippen LogP contribution in [0.5, 0.6) is 0 Å². The van der Waals surface area contributed by atoms with Gasteiger partial charge in [0.25, 0.3) is 0 Å². The van der Waals surface area contributed by atoms with Crippen molar-refractivity contribution in [1.82, 2.24) is 0 Å². The van der Waals surface area contributed by atoms with Gasteiger partial charge in [-0.25, -0.2) is 0 Å². The number of rotatable bonds is 3. The Kier molecular flexibility index (Phi) is 3.46. The molecule has 0 aromatic heterocycles. The second-order valence-electron chi connectivity index (χ2n) is 2.52. The molecule has 0 saturated heterocycles. The molecule has 0 nitrogen and oxygen atoms in total. The van der Waals surface area contributed by atoms with Crippen LogP contribution in [0.1, 0.15) is 40.0 Å². The largest absolute Gasteiger partial charge is 0.120 e. The Balaban J connectivity index is 3.37. The molecule has 0 bridgehead atoms. The van der Waals surface area contributed by atoms with Gasteiger partial charge in [0.15, 0.2) is 0 Å². The van der Waals surface area contributed by atoms with E-state index in [1.54, 1.807) is 0 Å². The highest BCUT2D eigenvalue weighted by molar-refractivity contribution is 6.23. The molecule has 0 radical (unpaired) electrons. The van der Waals surface area contributed by atoms with Crippen LogP contribution in [0, 0.1) is 0 Å². The summed E-state index contributed by atoms with van der Waals surface area (Å²) in [5.41, 5.74) is 0. The summed E-state index contributed by atoms with van der Waals surface area (Å²) in [6, 6.07) is 0. The van der Waals surface area contributed by atoms with Crippen LogP contribution in [0.25, 0.3) is 0 Å². The predicted molar refractivity (Wildman–Crippen MR) is 39.5 cm³/mol. The molecule has 50 valence electrons. The molecule has 0 fully saturated rings. The molecule has 0 unspecified atom stereocenters. The fourth-order valence-electron chi connectivity index (χ4n) is 0.698. The summed E-state index contributed by atoms with van der Waals surface area (Å²) < 4.78 is 0. The molecule has 0 aliphatic heterocycles. The van der Waals surface area contributed by atoms with E-state index in [0.717, 1.165) is 12.8 Å². The van der Waals surface area contributed by atoms with Crippen molar-refractivity contribution in [2.24, 2.45) is 0 Å². The monoisotopic (exact) mass is 134 g/mol. The van der Waals surface area contributed by atoms with Gasteiger partial charge < -0.3 is 0 Å². The first-order valence-corrected chi connectivity index (χ1v) is 3.69. The number of halogens is 1. The molecular formula is C7H15Cl. The van der Waals surface area contributed by atoms with Crippen molar-refractivity contribution in [3.05, 3.63) is 0 Å². The Morgan fingerprint density at radius 3 is 2.00 bits per heavy atom. The highest BCUT2D eigenvalue weighted by Crippen LogP contribution is 2.23. The molecule has 0 N–H and O–H groups in total. The lowest BCUT2D eigenvalue weighted by molar-refractivity contribution is 0.548. The van der Waals surface area contributed by atoms with Gasteiger partial charge in [-0.1, -0.05) is 20.3 Å². The Bertz CT molecular complexity index is 57.4. The molecule has 0 heterocycles. The molecule has 1 heteroatoms. The Labute approximate surface area is 57.2 Å². The Hall–Kier alpha value is 0.290. The van der Waals surface area contributed by atoms with E-state index in [-0.39, 0.29) is 4.87 Å². The van der Waals surface area contributed by atoms with E-state index in [9.17, 15) is 0 Å². The normalized spacial score (nSPS) is 18.0. The van der Waals surface area contributed by atoms with E-state index in [1.165, 1.54) is 6.42 Å². The first kappa shape index (κ1) is 8.29. The van der Waals surface area contributed by atoms with Gasteiger partial charge in [0.2, 0.25) is 0 Å². The number of hydrogen-bond donors (Lipinski definition) is 0. The van der Waals surface area contributed by atoms with Crippen molar-refractivity contribution in [3.63, 3.8) is 0 Å². The lowest BCUT2D eigenvalue weighted by Gasteiger charge is -2.17. The van der Waals surface area contributed by atoms with Crippen molar-refractivity contribution in [2.45, 2.75) is 44.9 Å². The number of hydrogen-bond acceptors (Lipinski definition) is 0. The van der Waals surface area contributed by atoms with Gasteiger partial charge in [-0.15, -0.1) is 11.6 Å². The van der Waals surface area contributed by atoms with Gasteiger partial charge in [-0.3, -0.25) is 0 Å². The van der Waals surface area contributed by atoms with Gasteiger partial charge in [-0.05, 0) is 19.8 Å². The summed E-state index contributed by atoms with van der Waals surface area (Å²) in [4.78, 5) is 0.0642. The smallest absolute Gasteiger partial charge is 0.0416 e. The van der Waals surface area contributed by atoms with E-state index < -0.39 is 0 Å². The maximum absolute atomic E-state index is 6.02. The first-order valence-electron chi connectivity index (χ1n) is 3.31. The first-order chi connectivity index (χ1) is 3.62. The van der Waals surface area contributed by atoms with Gasteiger partial charge in [0, 0.05) is 4.87 Å². The van der Waals surface area contributed by atoms with Gasteiger partial charge in [0.05, 0.1) is 0 Å². The third-order valence-electron chi connectivity index (χ3n) is 1.51. The van der Waals surface area contributed by atoms with Crippen LogP contribution in [0.2, 0.25) is 0 Å². The zero-order valence-corrected chi connectivity index (χ0v) is 6.76. The van der Waals surface area contributed by atoms with Crippen molar-refractivity contribution < 1.29 is 0 Å². The van der Waals surface area contributed by atoms with Crippen LogP contribution in [-0.4, -0.2) is 4.87 Å². The van der Waals surface area contributed by atoms with Crippen LogP contribution in [0.3, 0.4) is 0 Å². The fraction of sp³-hybridized carbons (Fsp3) is 1.00. The highest BCUT2D eigenvalue weighted by atomic mass is 35.5. The minimum absolute atomic E-state index is 0.0642. The quantitative estimate of drug-likeness (QED) is 0.520. The number of alkyl halides is 1. The highest BCUT2D eigenvalue weighted by Gasteiger charge is 2.15. The zero-order valence-electron chi connectivity index (χ0n) is 6.00. The second-order valence-corrected chi connectivity index (χ2v) is 3.43. The fourth-order valence-corrected chi connectivity index (χ4v) is 0.887. The van der Waals surface area contributed by atoms with E-state index in [4.69, 9.17) is 11.6 Å². The SMILES string of the molecule is CCC[C@@](C)(Cl)CC. The Morgan fingerprint density at radius 2 is 1.88 bits per heavy atom. The van der Waals surface area contributed by atoms with Crippen LogP contribution in [0.15, 0.2) is 0 Å². The molecular weight excluding hydrogens is 120 g/mol.